The number of carbonyl (C=O) groups excluding carboxylic acids is 2. The van der Waals surface area contributed by atoms with E-state index in [0.717, 1.165) is 68.6 Å². The molecule has 0 amide bonds. The second-order valence-corrected chi connectivity index (χ2v) is 20.7. The predicted octanol–water partition coefficient (Wildman–Crippen LogP) is 8.28. The highest BCUT2D eigenvalue weighted by Gasteiger charge is 2.46. The van der Waals surface area contributed by atoms with E-state index in [1.54, 1.807) is 6.08 Å². The first-order chi connectivity index (χ1) is 34.5. The van der Waals surface area contributed by atoms with E-state index in [1.165, 1.54) is 44.6 Å². The third-order valence-electron chi connectivity index (χ3n) is 11.3. The molecule has 0 spiro atoms. The number of ether oxygens (including phenoxy) is 3. The van der Waals surface area contributed by atoms with Gasteiger partial charge >= 0.3 is 33.3 Å². The fraction of sp³-hybridized carbons (Fsp3) is 0.680. The number of phosphoric acid groups is 2. The molecule has 0 bridgehead atoms. The summed E-state index contributed by atoms with van der Waals surface area (Å²) in [6, 6.07) is 1.23. The molecule has 2 rings (SSSR count). The summed E-state index contributed by atoms with van der Waals surface area (Å²) in [5, 5.41) is 41.8. The number of carbonyl (C=O) groups is 2. The third kappa shape index (κ3) is 29.9. The molecule has 0 saturated carbocycles. The average molecular weight is 1060 g/mol. The van der Waals surface area contributed by atoms with Crippen molar-refractivity contribution in [2.45, 2.75) is 198 Å². The van der Waals surface area contributed by atoms with Crippen LogP contribution in [-0.2, 0) is 46.3 Å². The molecule has 0 aliphatic carbocycles. The van der Waals surface area contributed by atoms with Crippen molar-refractivity contribution >= 4 is 33.4 Å². The topological polar surface area (TPSA) is 306 Å². The van der Waals surface area contributed by atoms with Gasteiger partial charge in [-0.15, -0.1) is 0 Å². The van der Waals surface area contributed by atoms with Crippen molar-refractivity contribution in [3.05, 3.63) is 83.5 Å². The Morgan fingerprint density at radius 2 is 1.26 bits per heavy atom. The van der Waals surface area contributed by atoms with Crippen LogP contribution in [0.3, 0.4) is 0 Å². The SMILES string of the molecule is CCCCC/C=C\C/C=C\C/C=C\CC(O)C(O)CCCC(=O)O[C@H](COC(=O)CCCCCCC/C=C\C/C=C\CCCCC)COP(=O)(O)OP(=O)(O)OC[C@H]1O[C@@H](n2ccc(N)nc2=O)[C@H](O)[C@@H]1O. The molecular formula is C50H83N3O17P2. The number of aliphatic hydroxyl groups excluding tert-OH is 4. The van der Waals surface area contributed by atoms with Crippen LogP contribution in [0.4, 0.5) is 5.82 Å². The highest BCUT2D eigenvalue weighted by molar-refractivity contribution is 7.61. The van der Waals surface area contributed by atoms with Crippen molar-refractivity contribution in [1.29, 1.82) is 0 Å². The molecule has 1 saturated heterocycles. The van der Waals surface area contributed by atoms with Crippen molar-refractivity contribution < 1.29 is 76.5 Å². The molecule has 2 heterocycles. The van der Waals surface area contributed by atoms with E-state index in [1.807, 2.05) is 12.2 Å². The maximum absolute atomic E-state index is 12.9. The number of aromatic nitrogens is 2. The number of nitrogens with two attached hydrogens (primary N) is 1. The lowest BCUT2D eigenvalue weighted by atomic mass is 10.0. The molecule has 72 heavy (non-hydrogen) atoms. The van der Waals surface area contributed by atoms with Crippen molar-refractivity contribution in [2.24, 2.45) is 0 Å². The van der Waals surface area contributed by atoms with Crippen LogP contribution in [0.5, 0.6) is 0 Å². The Morgan fingerprint density at radius 3 is 1.88 bits per heavy atom. The van der Waals surface area contributed by atoms with Crippen LogP contribution < -0.4 is 11.4 Å². The number of unbranched alkanes of at least 4 members (excludes halogenated alkanes) is 11. The van der Waals surface area contributed by atoms with Crippen LogP contribution in [0.1, 0.15) is 161 Å². The number of hydrogen-bond acceptors (Lipinski definition) is 17. The Kier molecular flexibility index (Phi) is 34.0. The number of anilines is 1. The fourth-order valence-electron chi connectivity index (χ4n) is 7.15. The number of esters is 2. The van der Waals surface area contributed by atoms with E-state index in [9.17, 15) is 53.7 Å². The zero-order valence-electron chi connectivity index (χ0n) is 42.2. The molecule has 0 aromatic carbocycles. The predicted molar refractivity (Wildman–Crippen MR) is 273 cm³/mol. The van der Waals surface area contributed by atoms with Gasteiger partial charge in [0.2, 0.25) is 0 Å². The second-order valence-electron chi connectivity index (χ2n) is 17.6. The Hall–Kier alpha value is -3.62. The Bertz CT molecular complexity index is 1980. The number of nitrogens with zero attached hydrogens (tertiary/aromatic N) is 2. The number of allylic oxidation sites excluding steroid dienone is 9. The minimum absolute atomic E-state index is 0.0312. The number of aliphatic hydroxyl groups is 4. The van der Waals surface area contributed by atoms with Gasteiger partial charge in [-0.2, -0.15) is 9.29 Å². The van der Waals surface area contributed by atoms with Gasteiger partial charge in [0.1, 0.15) is 30.7 Å². The van der Waals surface area contributed by atoms with Gasteiger partial charge in [0, 0.05) is 19.0 Å². The number of rotatable bonds is 41. The molecule has 4 unspecified atom stereocenters. The molecule has 1 aliphatic heterocycles. The van der Waals surface area contributed by atoms with Gasteiger partial charge < -0.3 is 50.2 Å². The Morgan fingerprint density at radius 1 is 0.722 bits per heavy atom. The average Bonchev–Trinajstić information content (AvgIpc) is 3.61. The summed E-state index contributed by atoms with van der Waals surface area (Å²) in [5.41, 5.74) is 4.56. The van der Waals surface area contributed by atoms with Crippen LogP contribution >= 0.6 is 15.6 Å². The molecule has 8 N–H and O–H groups in total. The summed E-state index contributed by atoms with van der Waals surface area (Å²) in [4.78, 5) is 61.9. The Labute approximate surface area is 425 Å². The van der Waals surface area contributed by atoms with Crippen LogP contribution in [-0.4, -0.2) is 108 Å². The molecule has 1 aliphatic rings. The smallest absolute Gasteiger partial charge is 0.462 e. The second kappa shape index (κ2) is 38.0. The molecule has 1 fully saturated rings. The van der Waals surface area contributed by atoms with Gasteiger partial charge in [-0.25, -0.2) is 13.9 Å². The molecule has 9 atom stereocenters. The van der Waals surface area contributed by atoms with Crippen molar-refractivity contribution in [1.82, 2.24) is 9.55 Å². The summed E-state index contributed by atoms with van der Waals surface area (Å²) in [6.07, 6.45) is 28.8. The van der Waals surface area contributed by atoms with Crippen molar-refractivity contribution in [2.75, 3.05) is 25.6 Å². The van der Waals surface area contributed by atoms with Crippen LogP contribution in [0.25, 0.3) is 0 Å². The minimum atomic E-state index is -5.50. The van der Waals surface area contributed by atoms with Gasteiger partial charge in [0.25, 0.3) is 0 Å². The molecule has 410 valence electrons. The molecule has 1 aromatic rings. The van der Waals surface area contributed by atoms with Crippen molar-refractivity contribution in [3.63, 3.8) is 0 Å². The number of nitrogen functional groups attached to an aromatic ring is 1. The number of hydrogen-bond donors (Lipinski definition) is 7. The molecule has 0 radical (unpaired) electrons. The van der Waals surface area contributed by atoms with E-state index >= 15 is 0 Å². The van der Waals surface area contributed by atoms with Crippen molar-refractivity contribution in [3.8, 4) is 0 Å². The monoisotopic (exact) mass is 1060 g/mol. The first-order valence-electron chi connectivity index (χ1n) is 25.5. The van der Waals surface area contributed by atoms with Crippen LogP contribution in [0, 0.1) is 0 Å². The fourth-order valence-corrected chi connectivity index (χ4v) is 9.26. The first-order valence-corrected chi connectivity index (χ1v) is 28.5. The summed E-state index contributed by atoms with van der Waals surface area (Å²) >= 11 is 0. The summed E-state index contributed by atoms with van der Waals surface area (Å²) in [5.74, 6) is -1.62. The van der Waals surface area contributed by atoms with Crippen LogP contribution in [0.15, 0.2) is 77.8 Å². The normalized spacial score (nSPS) is 20.4. The quantitative estimate of drug-likeness (QED) is 0.0140. The van der Waals surface area contributed by atoms with E-state index in [-0.39, 0.29) is 37.9 Å². The number of phosphoric ester groups is 2. The largest absolute Gasteiger partial charge is 0.481 e. The first kappa shape index (κ1) is 64.5. The highest BCUT2D eigenvalue weighted by Crippen LogP contribution is 2.60. The van der Waals surface area contributed by atoms with Gasteiger partial charge in [0.15, 0.2) is 12.3 Å². The standard InChI is InChI=1S/C50H83N3O17P2/c1-3-5-7-9-11-13-15-17-18-19-21-23-25-27-29-33-45(56)65-37-40(68-46(57)34-30-32-42(55)41(54)31-28-26-24-22-20-16-14-12-10-8-6-4-2)38-66-71(61,62)70-72(63,64)67-39-43-47(58)48(59)49(69-43)53-36-35-44(51)52-50(53)60/h11-14,17-18,20,22,26,28,35-36,40-43,47-49,54-55,58-59H,3-10,15-16,19,21,23-25,27,29-34,37-39H2,1-2H3,(H,61,62)(H,63,64)(H2,51,52,60)/b13-11-,14-12-,18-17-,22-20-,28-26-/t40-,41?,42?,43-,47-,48-,49-/m1/s1. The lowest BCUT2D eigenvalue weighted by molar-refractivity contribution is -0.161. The third-order valence-corrected chi connectivity index (χ3v) is 13.9. The van der Waals surface area contributed by atoms with Gasteiger partial charge in [0.05, 0.1) is 25.4 Å². The summed E-state index contributed by atoms with van der Waals surface area (Å²) in [7, 11) is -11.0. The molecular weight excluding hydrogens is 977 g/mol. The zero-order valence-corrected chi connectivity index (χ0v) is 44.0. The van der Waals surface area contributed by atoms with Gasteiger partial charge in [-0.1, -0.05) is 120 Å². The maximum Gasteiger partial charge on any atom is 0.481 e. The summed E-state index contributed by atoms with van der Waals surface area (Å²) < 4.78 is 56.5. The van der Waals surface area contributed by atoms with Gasteiger partial charge in [-0.05, 0) is 89.5 Å². The lowest BCUT2D eigenvalue weighted by Crippen LogP contribution is -2.36. The molecule has 22 heteroatoms. The van der Waals surface area contributed by atoms with Gasteiger partial charge in [-0.3, -0.25) is 23.2 Å². The van der Waals surface area contributed by atoms with E-state index in [4.69, 9.17) is 29.0 Å². The maximum atomic E-state index is 12.9. The van der Waals surface area contributed by atoms with Crippen LogP contribution in [0.2, 0.25) is 0 Å². The Balaban J connectivity index is 1.88. The molecule has 20 nitrogen and oxygen atoms in total. The minimum Gasteiger partial charge on any atom is -0.462 e. The highest BCUT2D eigenvalue weighted by atomic mass is 31.3. The van der Waals surface area contributed by atoms with E-state index in [0.29, 0.717) is 12.8 Å². The summed E-state index contributed by atoms with van der Waals surface area (Å²) in [6.45, 7) is 1.80. The van der Waals surface area contributed by atoms with E-state index < -0.39 is 95.9 Å². The molecule has 1 aromatic heterocycles. The lowest BCUT2D eigenvalue weighted by Gasteiger charge is -2.22. The zero-order chi connectivity index (χ0) is 53.0. The van der Waals surface area contributed by atoms with E-state index in [2.05, 4.69) is 65.7 Å².